The van der Waals surface area contributed by atoms with E-state index in [1.807, 2.05) is 61.5 Å². The van der Waals surface area contributed by atoms with E-state index in [1.54, 1.807) is 36.2 Å². The van der Waals surface area contributed by atoms with E-state index >= 15 is 0 Å². The van der Waals surface area contributed by atoms with Crippen LogP contribution in [0, 0.1) is 0 Å². The Bertz CT molecular complexity index is 1020. The van der Waals surface area contributed by atoms with Crippen LogP contribution >= 0.6 is 0 Å². The molecule has 3 amide bonds. The molecule has 0 aliphatic heterocycles. The van der Waals surface area contributed by atoms with Gasteiger partial charge in [-0.2, -0.15) is 0 Å². The molecule has 0 radical (unpaired) electrons. The minimum atomic E-state index is -0.341. The van der Waals surface area contributed by atoms with Crippen LogP contribution in [0.3, 0.4) is 0 Å². The smallest absolute Gasteiger partial charge is 0.319 e. The lowest BCUT2D eigenvalue weighted by atomic mass is 10.1. The normalized spacial score (nSPS) is 10.3. The largest absolute Gasteiger partial charge is 0.489 e. The maximum Gasteiger partial charge on any atom is 0.319 e. The fourth-order valence-electron chi connectivity index (χ4n) is 2.99. The van der Waals surface area contributed by atoms with E-state index in [-0.39, 0.29) is 11.9 Å². The Morgan fingerprint density at radius 2 is 1.61 bits per heavy atom. The van der Waals surface area contributed by atoms with Crippen LogP contribution in [0.4, 0.5) is 10.5 Å². The molecule has 6 heteroatoms. The molecule has 0 unspecified atom stereocenters. The zero-order valence-electron chi connectivity index (χ0n) is 17.8. The van der Waals surface area contributed by atoms with Crippen molar-refractivity contribution in [2.45, 2.75) is 20.1 Å². The van der Waals surface area contributed by atoms with Crippen LogP contribution in [0.1, 0.15) is 28.4 Å². The number of hydrogen-bond donors (Lipinski definition) is 2. The average molecular weight is 418 g/mol. The summed E-state index contributed by atoms with van der Waals surface area (Å²) in [6, 6.07) is 24.0. The summed E-state index contributed by atoms with van der Waals surface area (Å²) in [5.41, 5.74) is 3.07. The molecule has 0 saturated heterocycles. The lowest BCUT2D eigenvalue weighted by Gasteiger charge is -2.15. The maximum atomic E-state index is 12.4. The third-order valence-corrected chi connectivity index (χ3v) is 4.88. The highest BCUT2D eigenvalue weighted by Crippen LogP contribution is 2.15. The summed E-state index contributed by atoms with van der Waals surface area (Å²) >= 11 is 0. The molecule has 31 heavy (non-hydrogen) atoms. The van der Waals surface area contributed by atoms with Crippen molar-refractivity contribution in [3.63, 3.8) is 0 Å². The van der Waals surface area contributed by atoms with Gasteiger partial charge in [-0.25, -0.2) is 4.79 Å². The molecular weight excluding hydrogens is 390 g/mol. The molecule has 0 spiro atoms. The minimum Gasteiger partial charge on any atom is -0.489 e. The summed E-state index contributed by atoms with van der Waals surface area (Å²) in [6.07, 6.45) is 0. The van der Waals surface area contributed by atoms with Crippen LogP contribution in [0.15, 0.2) is 78.9 Å². The van der Waals surface area contributed by atoms with Crippen molar-refractivity contribution in [2.24, 2.45) is 0 Å². The summed E-state index contributed by atoms with van der Waals surface area (Å²) in [7, 11) is 1.74. The molecule has 6 nitrogen and oxygen atoms in total. The van der Waals surface area contributed by atoms with Crippen LogP contribution in [-0.4, -0.2) is 30.4 Å². The second-order valence-corrected chi connectivity index (χ2v) is 7.08. The number of rotatable bonds is 8. The lowest BCUT2D eigenvalue weighted by Crippen LogP contribution is -2.29. The second kappa shape index (κ2) is 10.8. The quantitative estimate of drug-likeness (QED) is 0.559. The van der Waals surface area contributed by atoms with E-state index in [4.69, 9.17) is 4.74 Å². The highest BCUT2D eigenvalue weighted by Gasteiger charge is 2.11. The summed E-state index contributed by atoms with van der Waals surface area (Å²) in [5.74, 6) is 0.713. The predicted octanol–water partition coefficient (Wildman–Crippen LogP) is 4.68. The maximum absolute atomic E-state index is 12.4. The Kier molecular flexibility index (Phi) is 7.65. The Labute approximate surface area is 182 Å². The fraction of sp³-hybridized carbons (Fsp3) is 0.200. The van der Waals surface area contributed by atoms with E-state index < -0.39 is 0 Å². The van der Waals surface area contributed by atoms with Gasteiger partial charge in [-0.15, -0.1) is 0 Å². The first-order chi connectivity index (χ1) is 15.1. The average Bonchev–Trinajstić information content (AvgIpc) is 2.81. The van der Waals surface area contributed by atoms with Crippen LogP contribution in [0.5, 0.6) is 5.75 Å². The number of nitrogens with zero attached hydrogens (tertiary/aromatic N) is 1. The van der Waals surface area contributed by atoms with Gasteiger partial charge in [0, 0.05) is 31.4 Å². The topological polar surface area (TPSA) is 70.7 Å². The molecule has 3 aromatic rings. The molecule has 0 aliphatic rings. The van der Waals surface area contributed by atoms with Gasteiger partial charge in [0.2, 0.25) is 0 Å². The number of hydrogen-bond acceptors (Lipinski definition) is 3. The molecule has 0 fully saturated rings. The summed E-state index contributed by atoms with van der Waals surface area (Å²) in [4.78, 5) is 26.3. The predicted molar refractivity (Wildman–Crippen MR) is 122 cm³/mol. The van der Waals surface area contributed by atoms with Gasteiger partial charge in [0.1, 0.15) is 12.4 Å². The van der Waals surface area contributed by atoms with Gasteiger partial charge in [-0.3, -0.25) is 4.79 Å². The zero-order chi connectivity index (χ0) is 22.1. The highest BCUT2D eigenvalue weighted by atomic mass is 16.5. The first kappa shape index (κ1) is 21.9. The summed E-state index contributed by atoms with van der Waals surface area (Å²) in [6.45, 7) is 3.30. The van der Waals surface area contributed by atoms with Crippen molar-refractivity contribution in [3.8, 4) is 5.75 Å². The number of benzene rings is 3. The van der Waals surface area contributed by atoms with Crippen molar-refractivity contribution in [2.75, 3.05) is 18.9 Å². The fourth-order valence-corrected chi connectivity index (χ4v) is 2.99. The number of carbonyl (C=O) groups excluding carboxylic acids is 2. The van der Waals surface area contributed by atoms with Gasteiger partial charge < -0.3 is 20.3 Å². The Balaban J connectivity index is 1.57. The van der Waals surface area contributed by atoms with E-state index in [0.717, 1.165) is 16.9 Å². The van der Waals surface area contributed by atoms with E-state index in [2.05, 4.69) is 10.6 Å². The van der Waals surface area contributed by atoms with Crippen molar-refractivity contribution in [1.29, 1.82) is 0 Å². The number of carbonyl (C=O) groups is 2. The number of anilines is 1. The van der Waals surface area contributed by atoms with Crippen LogP contribution in [0.2, 0.25) is 0 Å². The van der Waals surface area contributed by atoms with E-state index in [0.29, 0.717) is 30.9 Å². The molecule has 3 aromatic carbocycles. The molecule has 3 rings (SSSR count). The van der Waals surface area contributed by atoms with Gasteiger partial charge in [-0.1, -0.05) is 48.5 Å². The first-order valence-corrected chi connectivity index (χ1v) is 10.2. The number of urea groups is 1. The molecule has 0 aliphatic carbocycles. The van der Waals surface area contributed by atoms with Gasteiger partial charge in [-0.05, 0) is 48.4 Å². The summed E-state index contributed by atoms with van der Waals surface area (Å²) in [5, 5.41) is 5.66. The van der Waals surface area contributed by atoms with Crippen molar-refractivity contribution in [3.05, 3.63) is 95.6 Å². The number of nitrogens with one attached hydrogen (secondary N) is 2. The van der Waals surface area contributed by atoms with Crippen molar-refractivity contribution < 1.29 is 14.3 Å². The van der Waals surface area contributed by atoms with Gasteiger partial charge in [0.25, 0.3) is 5.91 Å². The Morgan fingerprint density at radius 1 is 0.903 bits per heavy atom. The van der Waals surface area contributed by atoms with Crippen LogP contribution < -0.4 is 15.4 Å². The molecule has 0 heterocycles. The molecule has 160 valence electrons. The van der Waals surface area contributed by atoms with Gasteiger partial charge >= 0.3 is 6.03 Å². The highest BCUT2D eigenvalue weighted by molar-refractivity contribution is 5.96. The SMILES string of the molecule is CCN(C)C(=O)c1cccc(NC(=O)NCc2ccccc2COc2ccccc2)c1. The number of ether oxygens (including phenoxy) is 1. The molecular formula is C25H27N3O3. The van der Waals surface area contributed by atoms with E-state index in [9.17, 15) is 9.59 Å². The van der Waals surface area contributed by atoms with Gasteiger partial charge in [0.05, 0.1) is 0 Å². The monoisotopic (exact) mass is 417 g/mol. The number of amides is 3. The minimum absolute atomic E-state index is 0.0844. The van der Waals surface area contributed by atoms with Crippen molar-refractivity contribution in [1.82, 2.24) is 10.2 Å². The van der Waals surface area contributed by atoms with Crippen LogP contribution in [-0.2, 0) is 13.2 Å². The molecule has 0 atom stereocenters. The van der Waals surface area contributed by atoms with Crippen LogP contribution in [0.25, 0.3) is 0 Å². The molecule has 0 saturated carbocycles. The Hall–Kier alpha value is -3.80. The van der Waals surface area contributed by atoms with Gasteiger partial charge in [0.15, 0.2) is 0 Å². The first-order valence-electron chi connectivity index (χ1n) is 10.2. The third-order valence-electron chi connectivity index (χ3n) is 4.88. The number of para-hydroxylation sites is 1. The second-order valence-electron chi connectivity index (χ2n) is 7.08. The molecule has 0 aromatic heterocycles. The summed E-state index contributed by atoms with van der Waals surface area (Å²) < 4.78 is 5.84. The zero-order valence-corrected chi connectivity index (χ0v) is 17.8. The molecule has 0 bridgehead atoms. The Morgan fingerprint density at radius 3 is 2.35 bits per heavy atom. The standard InChI is InChI=1S/C25H27N3O3/c1-3-28(2)24(29)19-12-9-13-22(16-19)27-25(30)26-17-20-10-7-8-11-21(20)18-31-23-14-5-4-6-15-23/h4-16H,3,17-18H2,1-2H3,(H2,26,27,30). The van der Waals surface area contributed by atoms with E-state index in [1.165, 1.54) is 0 Å². The molecule has 2 N–H and O–H groups in total. The lowest BCUT2D eigenvalue weighted by molar-refractivity contribution is 0.0802. The third kappa shape index (κ3) is 6.34. The van der Waals surface area contributed by atoms with Crippen molar-refractivity contribution >= 4 is 17.6 Å².